The number of hydrogen-bond donors (Lipinski definition) is 1. The van der Waals surface area contributed by atoms with Crippen molar-refractivity contribution < 1.29 is 9.59 Å². The maximum Gasteiger partial charge on any atom is 0.253 e. The van der Waals surface area contributed by atoms with Gasteiger partial charge in [0.2, 0.25) is 5.91 Å². The molecule has 1 saturated heterocycles. The van der Waals surface area contributed by atoms with Crippen LogP contribution in [0.3, 0.4) is 0 Å². The number of carbonyl (C=O) groups is 2. The molecule has 2 aliphatic heterocycles. The second kappa shape index (κ2) is 6.67. The molecule has 0 aliphatic carbocycles. The van der Waals surface area contributed by atoms with Gasteiger partial charge in [-0.05, 0) is 66.6 Å². The minimum atomic E-state index is 0.0464. The number of likely N-dealkylation sites (tertiary alicyclic amines) is 1. The van der Waals surface area contributed by atoms with E-state index in [1.807, 2.05) is 47.6 Å². The van der Waals surface area contributed by atoms with Crippen LogP contribution < -0.4 is 5.32 Å². The molecular formula is C20H21N3O2. The summed E-state index contributed by atoms with van der Waals surface area (Å²) in [5.74, 6) is 0.644. The van der Waals surface area contributed by atoms with Crippen LogP contribution in [0.25, 0.3) is 0 Å². The summed E-state index contributed by atoms with van der Waals surface area (Å²) in [6, 6.07) is 9.70. The van der Waals surface area contributed by atoms with Gasteiger partial charge in [0.05, 0.1) is 0 Å². The number of rotatable bonds is 3. The number of aromatic nitrogens is 1. The Bertz CT molecular complexity index is 804. The van der Waals surface area contributed by atoms with Crippen molar-refractivity contribution in [2.45, 2.75) is 25.7 Å². The zero-order chi connectivity index (χ0) is 17.2. The molecule has 1 N–H and O–H groups in total. The van der Waals surface area contributed by atoms with E-state index in [0.29, 0.717) is 18.8 Å². The quantitative estimate of drug-likeness (QED) is 0.938. The molecule has 1 atom stereocenters. The molecule has 2 amide bonds. The third-order valence-corrected chi connectivity index (χ3v) is 5.09. The van der Waals surface area contributed by atoms with Crippen LogP contribution in [-0.4, -0.2) is 34.8 Å². The van der Waals surface area contributed by atoms with Crippen LogP contribution in [0.4, 0.5) is 5.69 Å². The first-order valence-electron chi connectivity index (χ1n) is 8.80. The molecule has 2 aromatic rings. The number of pyridine rings is 1. The number of benzene rings is 1. The Morgan fingerprint density at radius 3 is 2.88 bits per heavy atom. The fraction of sp³-hybridized carbons (Fsp3) is 0.350. The van der Waals surface area contributed by atoms with E-state index in [2.05, 4.69) is 10.3 Å². The third-order valence-electron chi connectivity index (χ3n) is 5.09. The molecule has 1 fully saturated rings. The first-order chi connectivity index (χ1) is 12.2. The Labute approximate surface area is 147 Å². The molecular weight excluding hydrogens is 314 g/mol. The van der Waals surface area contributed by atoms with Crippen molar-refractivity contribution in [3.63, 3.8) is 0 Å². The van der Waals surface area contributed by atoms with Crippen molar-refractivity contribution in [1.82, 2.24) is 9.88 Å². The smallest absolute Gasteiger partial charge is 0.253 e. The molecule has 4 rings (SSSR count). The SMILES string of the molecule is O=C1CCc2cc(C(=O)N3CCC(Cc4ccncc4)C3)ccc2N1. The molecule has 1 aromatic heterocycles. The van der Waals surface area contributed by atoms with Crippen LogP contribution in [-0.2, 0) is 17.6 Å². The Balaban J connectivity index is 1.42. The van der Waals surface area contributed by atoms with Crippen molar-refractivity contribution in [2.24, 2.45) is 5.92 Å². The second-order valence-corrected chi connectivity index (χ2v) is 6.89. The minimum absolute atomic E-state index is 0.0464. The molecule has 1 aromatic carbocycles. The van der Waals surface area contributed by atoms with Gasteiger partial charge in [0, 0.05) is 43.2 Å². The highest BCUT2D eigenvalue weighted by molar-refractivity contribution is 5.98. The Kier molecular flexibility index (Phi) is 4.22. The van der Waals surface area contributed by atoms with Crippen molar-refractivity contribution in [3.8, 4) is 0 Å². The second-order valence-electron chi connectivity index (χ2n) is 6.89. The maximum absolute atomic E-state index is 12.8. The number of carbonyl (C=O) groups excluding carboxylic acids is 2. The molecule has 5 nitrogen and oxygen atoms in total. The average molecular weight is 335 g/mol. The Hall–Kier alpha value is -2.69. The average Bonchev–Trinajstić information content (AvgIpc) is 3.10. The fourth-order valence-corrected chi connectivity index (χ4v) is 3.73. The van der Waals surface area contributed by atoms with Crippen LogP contribution in [0.1, 0.15) is 34.3 Å². The van der Waals surface area contributed by atoms with Crippen LogP contribution in [0, 0.1) is 5.92 Å². The van der Waals surface area contributed by atoms with Gasteiger partial charge in [-0.1, -0.05) is 0 Å². The predicted molar refractivity (Wildman–Crippen MR) is 95.3 cm³/mol. The summed E-state index contributed by atoms with van der Waals surface area (Å²) < 4.78 is 0. The molecule has 2 aliphatic rings. The number of nitrogens with zero attached hydrogens (tertiary/aromatic N) is 2. The van der Waals surface area contributed by atoms with E-state index in [1.54, 1.807) is 0 Å². The normalized spacial score (nSPS) is 19.4. The standard InChI is InChI=1S/C20H21N3O2/c24-19-4-2-16-12-17(1-3-18(16)22-19)20(25)23-10-7-15(13-23)11-14-5-8-21-9-6-14/h1,3,5-6,8-9,12,15H,2,4,7,10-11,13H2,(H,22,24). The summed E-state index contributed by atoms with van der Waals surface area (Å²) in [4.78, 5) is 30.3. The van der Waals surface area contributed by atoms with Crippen molar-refractivity contribution >= 4 is 17.5 Å². The van der Waals surface area contributed by atoms with Gasteiger partial charge in [-0.25, -0.2) is 0 Å². The fourth-order valence-electron chi connectivity index (χ4n) is 3.73. The Morgan fingerprint density at radius 2 is 2.04 bits per heavy atom. The monoisotopic (exact) mass is 335 g/mol. The molecule has 0 radical (unpaired) electrons. The molecule has 0 saturated carbocycles. The van der Waals surface area contributed by atoms with Gasteiger partial charge in [0.1, 0.15) is 0 Å². The number of amides is 2. The highest BCUT2D eigenvalue weighted by Crippen LogP contribution is 2.26. The van der Waals surface area contributed by atoms with Gasteiger partial charge in [0.15, 0.2) is 0 Å². The molecule has 0 spiro atoms. The zero-order valence-corrected chi connectivity index (χ0v) is 14.1. The third kappa shape index (κ3) is 3.40. The summed E-state index contributed by atoms with van der Waals surface area (Å²) in [7, 11) is 0. The summed E-state index contributed by atoms with van der Waals surface area (Å²) >= 11 is 0. The topological polar surface area (TPSA) is 62.3 Å². The lowest BCUT2D eigenvalue weighted by molar-refractivity contribution is -0.116. The van der Waals surface area contributed by atoms with E-state index in [0.717, 1.165) is 42.7 Å². The lowest BCUT2D eigenvalue weighted by Crippen LogP contribution is -2.29. The summed E-state index contributed by atoms with van der Waals surface area (Å²) in [5.41, 5.74) is 3.89. The summed E-state index contributed by atoms with van der Waals surface area (Å²) in [6.07, 6.45) is 6.85. The van der Waals surface area contributed by atoms with Gasteiger partial charge < -0.3 is 10.2 Å². The first kappa shape index (κ1) is 15.8. The van der Waals surface area contributed by atoms with Crippen molar-refractivity contribution in [1.29, 1.82) is 0 Å². The highest BCUT2D eigenvalue weighted by Gasteiger charge is 2.27. The van der Waals surface area contributed by atoms with Gasteiger partial charge >= 0.3 is 0 Å². The summed E-state index contributed by atoms with van der Waals surface area (Å²) in [5, 5.41) is 2.86. The zero-order valence-electron chi connectivity index (χ0n) is 14.1. The molecule has 5 heteroatoms. The summed E-state index contributed by atoms with van der Waals surface area (Å²) in [6.45, 7) is 1.61. The van der Waals surface area contributed by atoms with E-state index < -0.39 is 0 Å². The van der Waals surface area contributed by atoms with E-state index in [1.165, 1.54) is 5.56 Å². The number of hydrogen-bond acceptors (Lipinski definition) is 3. The first-order valence-corrected chi connectivity index (χ1v) is 8.80. The van der Waals surface area contributed by atoms with Crippen LogP contribution in [0.5, 0.6) is 0 Å². The van der Waals surface area contributed by atoms with Gasteiger partial charge in [-0.2, -0.15) is 0 Å². The lowest BCUT2D eigenvalue weighted by Gasteiger charge is -2.20. The molecule has 1 unspecified atom stereocenters. The van der Waals surface area contributed by atoms with E-state index in [-0.39, 0.29) is 11.8 Å². The minimum Gasteiger partial charge on any atom is -0.338 e. The number of anilines is 1. The predicted octanol–water partition coefficient (Wildman–Crippen LogP) is 2.67. The highest BCUT2D eigenvalue weighted by atomic mass is 16.2. The molecule has 0 bridgehead atoms. The maximum atomic E-state index is 12.8. The van der Waals surface area contributed by atoms with Crippen LogP contribution in [0.15, 0.2) is 42.7 Å². The molecule has 128 valence electrons. The number of aryl methyl sites for hydroxylation is 1. The van der Waals surface area contributed by atoms with Crippen LogP contribution >= 0.6 is 0 Å². The number of fused-ring (bicyclic) bond motifs is 1. The largest absolute Gasteiger partial charge is 0.338 e. The van der Waals surface area contributed by atoms with Gasteiger partial charge in [0.25, 0.3) is 5.91 Å². The Morgan fingerprint density at radius 1 is 1.20 bits per heavy atom. The molecule has 3 heterocycles. The van der Waals surface area contributed by atoms with Gasteiger partial charge in [-0.15, -0.1) is 0 Å². The lowest BCUT2D eigenvalue weighted by atomic mass is 9.99. The number of nitrogens with one attached hydrogen (secondary N) is 1. The van der Waals surface area contributed by atoms with E-state index in [9.17, 15) is 9.59 Å². The van der Waals surface area contributed by atoms with E-state index >= 15 is 0 Å². The van der Waals surface area contributed by atoms with Crippen LogP contribution in [0.2, 0.25) is 0 Å². The van der Waals surface area contributed by atoms with Gasteiger partial charge in [-0.3, -0.25) is 14.6 Å². The van der Waals surface area contributed by atoms with Crippen molar-refractivity contribution in [3.05, 3.63) is 59.4 Å². The van der Waals surface area contributed by atoms with Crippen molar-refractivity contribution in [2.75, 3.05) is 18.4 Å². The molecule has 25 heavy (non-hydrogen) atoms. The van der Waals surface area contributed by atoms with E-state index in [4.69, 9.17) is 0 Å².